The molecule has 6 heteroatoms. The molecular weight excluding hydrogens is 401 g/mol. The lowest BCUT2D eigenvalue weighted by Gasteiger charge is -2.27. The molecule has 1 heterocycles. The van der Waals surface area contributed by atoms with Gasteiger partial charge in [0.15, 0.2) is 0 Å². The third-order valence-corrected chi connectivity index (χ3v) is 5.86. The first-order chi connectivity index (χ1) is 14.7. The third kappa shape index (κ3) is 5.29. The molecule has 0 unspecified atom stereocenters. The zero-order valence-electron chi connectivity index (χ0n) is 17.0. The summed E-state index contributed by atoms with van der Waals surface area (Å²) in [6, 6.07) is 16.8. The van der Waals surface area contributed by atoms with Gasteiger partial charge in [-0.1, -0.05) is 48.0 Å². The summed E-state index contributed by atoms with van der Waals surface area (Å²) in [4.78, 5) is 2.47. The number of halogens is 2. The Labute approximate surface area is 182 Å². The van der Waals surface area contributed by atoms with E-state index in [1.54, 1.807) is 6.07 Å². The quantitative estimate of drug-likeness (QED) is 0.528. The second-order valence-electron chi connectivity index (χ2n) is 7.56. The fraction of sp³-hybridized carbons (Fsp3) is 0.333. The molecule has 4 nitrogen and oxygen atoms in total. The average molecular weight is 428 g/mol. The van der Waals surface area contributed by atoms with Crippen LogP contribution in [0.25, 0.3) is 10.8 Å². The Hall–Kier alpha value is -2.18. The maximum Gasteiger partial charge on any atom is 0.124 e. The van der Waals surface area contributed by atoms with Crippen LogP contribution in [0.3, 0.4) is 0 Å². The first-order valence-electron chi connectivity index (χ1n) is 10.4. The first-order valence-corrected chi connectivity index (χ1v) is 10.8. The monoisotopic (exact) mass is 427 g/mol. The van der Waals surface area contributed by atoms with E-state index in [0.29, 0.717) is 11.6 Å². The van der Waals surface area contributed by atoms with Crippen molar-refractivity contribution in [2.24, 2.45) is 0 Å². The molecule has 0 aromatic heterocycles. The van der Waals surface area contributed by atoms with Crippen LogP contribution in [-0.4, -0.2) is 44.2 Å². The SMILES string of the molecule is Fc1ccc(COc2ccc3ccccc3c2CNCCN2CCNCC2)c(Cl)c1. The summed E-state index contributed by atoms with van der Waals surface area (Å²) in [5.74, 6) is 0.479. The van der Waals surface area contributed by atoms with E-state index < -0.39 is 0 Å². The number of nitrogens with one attached hydrogen (secondary N) is 2. The Morgan fingerprint density at radius 1 is 1.07 bits per heavy atom. The van der Waals surface area contributed by atoms with E-state index in [-0.39, 0.29) is 5.82 Å². The molecule has 0 radical (unpaired) electrons. The highest BCUT2D eigenvalue weighted by Gasteiger charge is 2.12. The van der Waals surface area contributed by atoms with Crippen molar-refractivity contribution in [3.05, 3.63) is 76.6 Å². The molecule has 1 aliphatic rings. The van der Waals surface area contributed by atoms with Gasteiger partial charge in [0.05, 0.1) is 5.02 Å². The second-order valence-corrected chi connectivity index (χ2v) is 7.96. The minimum atomic E-state index is -0.344. The van der Waals surface area contributed by atoms with Crippen LogP contribution >= 0.6 is 11.6 Å². The van der Waals surface area contributed by atoms with Gasteiger partial charge >= 0.3 is 0 Å². The van der Waals surface area contributed by atoms with Gasteiger partial charge in [-0.05, 0) is 29.0 Å². The van der Waals surface area contributed by atoms with E-state index in [4.69, 9.17) is 16.3 Å². The van der Waals surface area contributed by atoms with Crippen LogP contribution < -0.4 is 15.4 Å². The van der Waals surface area contributed by atoms with E-state index in [1.165, 1.54) is 22.9 Å². The molecule has 0 amide bonds. The normalized spacial score (nSPS) is 14.9. The third-order valence-electron chi connectivity index (χ3n) is 5.51. The summed E-state index contributed by atoms with van der Waals surface area (Å²) in [6.07, 6.45) is 0. The lowest BCUT2D eigenvalue weighted by atomic mass is 10.0. The van der Waals surface area contributed by atoms with E-state index in [1.807, 2.05) is 18.2 Å². The van der Waals surface area contributed by atoms with Gasteiger partial charge in [0.2, 0.25) is 0 Å². The summed E-state index contributed by atoms with van der Waals surface area (Å²) in [5, 5.41) is 9.71. The van der Waals surface area contributed by atoms with Gasteiger partial charge in [0.1, 0.15) is 18.2 Å². The lowest BCUT2D eigenvalue weighted by molar-refractivity contribution is 0.240. The van der Waals surface area contributed by atoms with Crippen molar-refractivity contribution >= 4 is 22.4 Å². The molecule has 0 aliphatic carbocycles. The van der Waals surface area contributed by atoms with Gasteiger partial charge < -0.3 is 15.4 Å². The zero-order valence-corrected chi connectivity index (χ0v) is 17.7. The number of benzene rings is 3. The summed E-state index contributed by atoms with van der Waals surface area (Å²) in [5.41, 5.74) is 1.90. The zero-order chi connectivity index (χ0) is 20.8. The minimum Gasteiger partial charge on any atom is -0.488 e. The highest BCUT2D eigenvalue weighted by molar-refractivity contribution is 6.31. The molecule has 30 heavy (non-hydrogen) atoms. The van der Waals surface area contributed by atoms with Crippen molar-refractivity contribution in [2.75, 3.05) is 39.3 Å². The van der Waals surface area contributed by atoms with Gasteiger partial charge in [0.25, 0.3) is 0 Å². The van der Waals surface area contributed by atoms with Crippen LogP contribution in [-0.2, 0) is 13.2 Å². The predicted molar refractivity (Wildman–Crippen MR) is 121 cm³/mol. The van der Waals surface area contributed by atoms with Crippen molar-refractivity contribution in [1.29, 1.82) is 0 Å². The van der Waals surface area contributed by atoms with Gasteiger partial charge in [0, 0.05) is 56.9 Å². The van der Waals surface area contributed by atoms with Crippen LogP contribution in [0.4, 0.5) is 4.39 Å². The standard InChI is InChI=1S/C24H27ClFN3O/c25-23-15-20(26)7-5-19(23)17-30-24-8-6-18-3-1-2-4-21(18)22(24)16-28-11-14-29-12-9-27-10-13-29/h1-8,15,27-28H,9-14,16-17H2. The highest BCUT2D eigenvalue weighted by Crippen LogP contribution is 2.29. The summed E-state index contributed by atoms with van der Waals surface area (Å²) in [6.45, 7) is 7.30. The Balaban J connectivity index is 1.46. The number of fused-ring (bicyclic) bond motifs is 1. The number of nitrogens with zero attached hydrogens (tertiary/aromatic N) is 1. The lowest BCUT2D eigenvalue weighted by Crippen LogP contribution is -2.45. The van der Waals surface area contributed by atoms with Gasteiger partial charge in [-0.25, -0.2) is 4.39 Å². The Bertz CT molecular complexity index is 991. The number of hydrogen-bond acceptors (Lipinski definition) is 4. The van der Waals surface area contributed by atoms with Gasteiger partial charge in [-0.2, -0.15) is 0 Å². The molecule has 2 N–H and O–H groups in total. The first kappa shape index (κ1) is 21.1. The highest BCUT2D eigenvalue weighted by atomic mass is 35.5. The molecule has 158 valence electrons. The molecule has 1 saturated heterocycles. The summed E-state index contributed by atoms with van der Waals surface area (Å²) < 4.78 is 19.4. The molecule has 0 saturated carbocycles. The van der Waals surface area contributed by atoms with Crippen LogP contribution in [0.2, 0.25) is 5.02 Å². The van der Waals surface area contributed by atoms with Crippen LogP contribution in [0.1, 0.15) is 11.1 Å². The van der Waals surface area contributed by atoms with Crippen molar-refractivity contribution in [3.8, 4) is 5.75 Å². The molecule has 0 bridgehead atoms. The van der Waals surface area contributed by atoms with E-state index >= 15 is 0 Å². The van der Waals surface area contributed by atoms with Crippen molar-refractivity contribution in [1.82, 2.24) is 15.5 Å². The fourth-order valence-corrected chi connectivity index (χ4v) is 4.03. The smallest absolute Gasteiger partial charge is 0.124 e. The van der Waals surface area contributed by atoms with Crippen molar-refractivity contribution in [2.45, 2.75) is 13.2 Å². The van der Waals surface area contributed by atoms with Gasteiger partial charge in [-0.3, -0.25) is 4.90 Å². The Morgan fingerprint density at radius 2 is 1.90 bits per heavy atom. The number of piperazine rings is 1. The molecule has 0 spiro atoms. The average Bonchev–Trinajstić information content (AvgIpc) is 2.77. The molecule has 4 rings (SSSR count). The molecule has 1 aliphatic heterocycles. The van der Waals surface area contributed by atoms with E-state index in [2.05, 4.69) is 33.7 Å². The topological polar surface area (TPSA) is 36.5 Å². The number of hydrogen-bond donors (Lipinski definition) is 2. The maximum absolute atomic E-state index is 13.3. The molecule has 1 fully saturated rings. The Kier molecular flexibility index (Phi) is 7.18. The molecule has 3 aromatic carbocycles. The molecule has 0 atom stereocenters. The maximum atomic E-state index is 13.3. The van der Waals surface area contributed by atoms with Crippen molar-refractivity contribution in [3.63, 3.8) is 0 Å². The van der Waals surface area contributed by atoms with Crippen LogP contribution in [0, 0.1) is 5.82 Å². The largest absolute Gasteiger partial charge is 0.488 e. The van der Waals surface area contributed by atoms with E-state index in [9.17, 15) is 4.39 Å². The summed E-state index contributed by atoms with van der Waals surface area (Å²) in [7, 11) is 0. The van der Waals surface area contributed by atoms with Crippen molar-refractivity contribution < 1.29 is 9.13 Å². The van der Waals surface area contributed by atoms with Crippen LogP contribution in [0.15, 0.2) is 54.6 Å². The predicted octanol–water partition coefficient (Wildman–Crippen LogP) is 4.21. The number of rotatable bonds is 8. The fourth-order valence-electron chi connectivity index (χ4n) is 3.81. The minimum absolute atomic E-state index is 0.297. The van der Waals surface area contributed by atoms with E-state index in [0.717, 1.165) is 62.7 Å². The molecule has 3 aromatic rings. The van der Waals surface area contributed by atoms with Gasteiger partial charge in [-0.15, -0.1) is 0 Å². The second kappa shape index (κ2) is 10.2. The number of ether oxygens (including phenoxy) is 1. The Morgan fingerprint density at radius 3 is 2.73 bits per heavy atom. The van der Waals surface area contributed by atoms with Crippen LogP contribution in [0.5, 0.6) is 5.75 Å². The molecular formula is C24H27ClFN3O. The summed E-state index contributed by atoms with van der Waals surface area (Å²) >= 11 is 6.17.